The molecule has 24 heavy (non-hydrogen) atoms. The lowest BCUT2D eigenvalue weighted by molar-refractivity contribution is -0.143. The van der Waals surface area contributed by atoms with Crippen molar-refractivity contribution in [1.82, 2.24) is 15.5 Å². The zero-order valence-corrected chi connectivity index (χ0v) is 16.6. The van der Waals surface area contributed by atoms with Gasteiger partial charge in [-0.1, -0.05) is 24.3 Å². The van der Waals surface area contributed by atoms with Gasteiger partial charge < -0.3 is 10.6 Å². The fourth-order valence-electron chi connectivity index (χ4n) is 2.15. The molecule has 0 spiro atoms. The van der Waals surface area contributed by atoms with E-state index in [1.54, 1.807) is 7.05 Å². The van der Waals surface area contributed by atoms with E-state index in [0.717, 1.165) is 0 Å². The van der Waals surface area contributed by atoms with E-state index >= 15 is 0 Å². The van der Waals surface area contributed by atoms with Crippen LogP contribution in [0.15, 0.2) is 29.3 Å². The Balaban J connectivity index is 0.00000529. The second-order valence-electron chi connectivity index (χ2n) is 5.49. The maximum absolute atomic E-state index is 12.2. The molecule has 0 saturated carbocycles. The highest BCUT2D eigenvalue weighted by Gasteiger charge is 2.28. The highest BCUT2D eigenvalue weighted by atomic mass is 127. The predicted octanol–water partition coefficient (Wildman–Crippen LogP) is 3.16. The number of hydrogen-bond donors (Lipinski definition) is 2. The Morgan fingerprint density at radius 3 is 2.46 bits per heavy atom. The van der Waals surface area contributed by atoms with Gasteiger partial charge in [0, 0.05) is 20.1 Å². The maximum atomic E-state index is 12.2. The number of aliphatic imine (C=N–C) groups is 1. The van der Waals surface area contributed by atoms with Gasteiger partial charge in [-0.15, -0.1) is 24.0 Å². The molecule has 0 heterocycles. The molecule has 0 aliphatic carbocycles. The highest BCUT2D eigenvalue weighted by molar-refractivity contribution is 14.0. The monoisotopic (exact) mass is 458 g/mol. The second kappa shape index (κ2) is 11.5. The molecule has 0 aliphatic rings. The average Bonchev–Trinajstić information content (AvgIpc) is 2.46. The van der Waals surface area contributed by atoms with Gasteiger partial charge in [0.15, 0.2) is 5.96 Å². The molecule has 0 fully saturated rings. The first-order chi connectivity index (χ1) is 10.8. The largest absolute Gasteiger partial charge is 0.401 e. The normalized spacial score (nSPS) is 12.0. The molecule has 0 aliphatic heterocycles. The Kier molecular flexibility index (Phi) is 11.0. The van der Waals surface area contributed by atoms with Crippen LogP contribution in [0.5, 0.6) is 0 Å². The smallest absolute Gasteiger partial charge is 0.356 e. The average molecular weight is 458 g/mol. The van der Waals surface area contributed by atoms with Gasteiger partial charge in [-0.05, 0) is 38.1 Å². The van der Waals surface area contributed by atoms with E-state index in [1.807, 2.05) is 31.2 Å². The van der Waals surface area contributed by atoms with Gasteiger partial charge in [0.05, 0.1) is 6.54 Å². The van der Waals surface area contributed by atoms with Crippen molar-refractivity contribution in [2.24, 2.45) is 4.99 Å². The molecule has 8 heteroatoms. The number of benzene rings is 1. The molecule has 2 N–H and O–H groups in total. The third-order valence-corrected chi connectivity index (χ3v) is 3.39. The number of nitrogens with zero attached hydrogens (tertiary/aromatic N) is 2. The summed E-state index contributed by atoms with van der Waals surface area (Å²) in [6.45, 7) is 2.76. The van der Waals surface area contributed by atoms with E-state index in [1.165, 1.54) is 23.1 Å². The summed E-state index contributed by atoms with van der Waals surface area (Å²) in [5.74, 6) is 0.645. The maximum Gasteiger partial charge on any atom is 0.401 e. The summed E-state index contributed by atoms with van der Waals surface area (Å²) in [7, 11) is 3.14. The first-order valence-electron chi connectivity index (χ1n) is 7.56. The number of halogens is 4. The zero-order chi connectivity index (χ0) is 17.3. The van der Waals surface area contributed by atoms with Crippen LogP contribution in [0.25, 0.3) is 0 Å². The number of hydrogen-bond acceptors (Lipinski definition) is 2. The van der Waals surface area contributed by atoms with Gasteiger partial charge in [-0.3, -0.25) is 9.89 Å². The first kappa shape index (κ1) is 23.0. The van der Waals surface area contributed by atoms with Gasteiger partial charge in [0.1, 0.15) is 0 Å². The molecule has 0 radical (unpaired) electrons. The van der Waals surface area contributed by atoms with Crippen LogP contribution in [0.2, 0.25) is 0 Å². The van der Waals surface area contributed by atoms with Gasteiger partial charge in [-0.2, -0.15) is 13.2 Å². The summed E-state index contributed by atoms with van der Waals surface area (Å²) in [6.07, 6.45) is -3.54. The van der Waals surface area contributed by atoms with Crippen molar-refractivity contribution < 1.29 is 13.2 Å². The molecule has 0 saturated heterocycles. The first-order valence-corrected chi connectivity index (χ1v) is 7.56. The number of nitrogens with one attached hydrogen (secondary N) is 2. The molecule has 4 nitrogen and oxygen atoms in total. The van der Waals surface area contributed by atoms with Crippen molar-refractivity contribution in [3.05, 3.63) is 35.4 Å². The minimum absolute atomic E-state index is 0. The lowest BCUT2D eigenvalue weighted by atomic mass is 10.1. The lowest BCUT2D eigenvalue weighted by Crippen LogP contribution is -2.39. The van der Waals surface area contributed by atoms with Crippen LogP contribution >= 0.6 is 24.0 Å². The summed E-state index contributed by atoms with van der Waals surface area (Å²) < 4.78 is 36.6. The van der Waals surface area contributed by atoms with E-state index in [2.05, 4.69) is 15.6 Å². The fourth-order valence-corrected chi connectivity index (χ4v) is 2.15. The molecular formula is C16H26F3IN4. The molecule has 0 bridgehead atoms. The van der Waals surface area contributed by atoms with E-state index in [4.69, 9.17) is 0 Å². The van der Waals surface area contributed by atoms with Crippen LogP contribution in [0.4, 0.5) is 13.2 Å². The Bertz CT molecular complexity index is 506. The highest BCUT2D eigenvalue weighted by Crippen LogP contribution is 2.15. The molecule has 0 aromatic heterocycles. The van der Waals surface area contributed by atoms with E-state index in [-0.39, 0.29) is 24.0 Å². The molecule has 1 aromatic carbocycles. The zero-order valence-electron chi connectivity index (χ0n) is 14.3. The Hall–Kier alpha value is -1.03. The van der Waals surface area contributed by atoms with Gasteiger partial charge in [-0.25, -0.2) is 0 Å². The van der Waals surface area contributed by atoms with Crippen LogP contribution in [0, 0.1) is 6.92 Å². The quantitative estimate of drug-likeness (QED) is 0.286. The summed E-state index contributed by atoms with van der Waals surface area (Å²) in [5.41, 5.74) is 2.38. The third-order valence-electron chi connectivity index (χ3n) is 3.39. The van der Waals surface area contributed by atoms with Crippen LogP contribution in [-0.4, -0.2) is 50.8 Å². The third kappa shape index (κ3) is 9.96. The minimum Gasteiger partial charge on any atom is -0.356 e. The van der Waals surface area contributed by atoms with Crippen molar-refractivity contribution in [1.29, 1.82) is 0 Å². The van der Waals surface area contributed by atoms with Crippen LogP contribution in [0.1, 0.15) is 17.5 Å². The van der Waals surface area contributed by atoms with Gasteiger partial charge in [0.25, 0.3) is 0 Å². The Labute approximate surface area is 158 Å². The Morgan fingerprint density at radius 2 is 1.88 bits per heavy atom. The van der Waals surface area contributed by atoms with Crippen molar-refractivity contribution in [3.8, 4) is 0 Å². The van der Waals surface area contributed by atoms with Crippen molar-refractivity contribution in [2.45, 2.75) is 26.1 Å². The topological polar surface area (TPSA) is 39.7 Å². The molecule has 0 amide bonds. The fraction of sp³-hybridized carbons (Fsp3) is 0.562. The van der Waals surface area contributed by atoms with Crippen LogP contribution in [-0.2, 0) is 6.54 Å². The Morgan fingerprint density at radius 1 is 1.21 bits per heavy atom. The number of aryl methyl sites for hydroxylation is 1. The SMILES string of the molecule is CN=C(NCCCN(C)CC(F)(F)F)NCc1ccccc1C.I. The van der Waals surface area contributed by atoms with Crippen molar-refractivity contribution >= 4 is 29.9 Å². The number of rotatable bonds is 7. The summed E-state index contributed by atoms with van der Waals surface area (Å²) in [5, 5.41) is 6.31. The van der Waals surface area contributed by atoms with Crippen LogP contribution in [0.3, 0.4) is 0 Å². The molecular weight excluding hydrogens is 432 g/mol. The van der Waals surface area contributed by atoms with E-state index in [0.29, 0.717) is 32.0 Å². The summed E-state index contributed by atoms with van der Waals surface area (Å²) in [6, 6.07) is 8.06. The molecule has 1 aromatic rings. The number of guanidine groups is 1. The predicted molar refractivity (Wildman–Crippen MR) is 103 cm³/mol. The lowest BCUT2D eigenvalue weighted by Gasteiger charge is -2.19. The minimum atomic E-state index is -4.15. The van der Waals surface area contributed by atoms with E-state index < -0.39 is 12.7 Å². The van der Waals surface area contributed by atoms with Gasteiger partial charge in [0.2, 0.25) is 0 Å². The summed E-state index contributed by atoms with van der Waals surface area (Å²) in [4.78, 5) is 5.38. The van der Waals surface area contributed by atoms with Crippen molar-refractivity contribution in [2.75, 3.05) is 33.7 Å². The summed E-state index contributed by atoms with van der Waals surface area (Å²) >= 11 is 0. The second-order valence-corrected chi connectivity index (χ2v) is 5.49. The van der Waals surface area contributed by atoms with Crippen LogP contribution < -0.4 is 10.6 Å². The standard InChI is InChI=1S/C16H25F3N4.HI/c1-13-7-4-5-8-14(13)11-22-15(20-2)21-9-6-10-23(3)12-16(17,18)19;/h4-5,7-8H,6,9-12H2,1-3H3,(H2,20,21,22);1H. The molecule has 1 rings (SSSR count). The van der Waals surface area contributed by atoms with Crippen molar-refractivity contribution in [3.63, 3.8) is 0 Å². The van der Waals surface area contributed by atoms with Gasteiger partial charge >= 0.3 is 6.18 Å². The van der Waals surface area contributed by atoms with E-state index in [9.17, 15) is 13.2 Å². The molecule has 138 valence electrons. The molecule has 0 unspecified atom stereocenters. The number of alkyl halides is 3. The molecule has 0 atom stereocenters.